The molecule has 1 aliphatic heterocycles. The molecule has 0 amide bonds. The second-order valence-corrected chi connectivity index (χ2v) is 8.91. The van der Waals surface area contributed by atoms with Gasteiger partial charge in [0.05, 0.1) is 17.0 Å². The van der Waals surface area contributed by atoms with Crippen LogP contribution in [0.2, 0.25) is 0 Å². The van der Waals surface area contributed by atoms with Gasteiger partial charge in [0, 0.05) is 44.0 Å². The normalized spacial score (nSPS) is 15.3. The van der Waals surface area contributed by atoms with Crippen LogP contribution in [0.15, 0.2) is 42.5 Å². The van der Waals surface area contributed by atoms with Crippen molar-refractivity contribution >= 4 is 27.4 Å². The van der Waals surface area contributed by atoms with Crippen LogP contribution in [0.3, 0.4) is 0 Å². The van der Waals surface area contributed by atoms with Crippen LogP contribution in [0.4, 0.5) is 15.8 Å². The summed E-state index contributed by atoms with van der Waals surface area (Å²) in [5, 5.41) is 9.60. The van der Waals surface area contributed by atoms with E-state index in [2.05, 4.69) is 9.62 Å². The second-order valence-electron chi connectivity index (χ2n) is 6.90. The monoisotopic (exact) mass is 421 g/mol. The van der Waals surface area contributed by atoms with Crippen LogP contribution >= 0.6 is 0 Å². The molecule has 1 fully saturated rings. The van der Waals surface area contributed by atoms with Crippen LogP contribution in [-0.4, -0.2) is 56.3 Å². The van der Waals surface area contributed by atoms with E-state index < -0.39 is 16.0 Å². The molecular formula is C20H24FN3O4S. The molecule has 9 heteroatoms. The van der Waals surface area contributed by atoms with Gasteiger partial charge in [-0.2, -0.15) is 0 Å². The molecule has 0 bridgehead atoms. The van der Waals surface area contributed by atoms with E-state index >= 15 is 0 Å². The molecule has 156 valence electrons. The first-order valence-electron chi connectivity index (χ1n) is 9.37. The average molecular weight is 421 g/mol. The van der Waals surface area contributed by atoms with Gasteiger partial charge in [0.2, 0.25) is 10.0 Å². The summed E-state index contributed by atoms with van der Waals surface area (Å²) in [6.07, 6.45) is 0. The van der Waals surface area contributed by atoms with E-state index in [9.17, 15) is 22.7 Å². The summed E-state index contributed by atoms with van der Waals surface area (Å²) >= 11 is 0. The van der Waals surface area contributed by atoms with Crippen molar-refractivity contribution in [1.82, 2.24) is 4.90 Å². The number of anilines is 2. The number of carboxylic acid groups (broad SMARTS) is 1. The predicted octanol–water partition coefficient (Wildman–Crippen LogP) is 2.61. The Morgan fingerprint density at radius 3 is 2.45 bits per heavy atom. The number of nitrogens with one attached hydrogen (secondary N) is 1. The van der Waals surface area contributed by atoms with E-state index in [4.69, 9.17) is 0 Å². The highest BCUT2D eigenvalue weighted by Crippen LogP contribution is 2.26. The number of rotatable bonds is 7. The third kappa shape index (κ3) is 5.24. The fourth-order valence-corrected chi connectivity index (χ4v) is 3.94. The molecule has 0 aliphatic carbocycles. The molecule has 2 aromatic carbocycles. The van der Waals surface area contributed by atoms with Crippen LogP contribution in [0.25, 0.3) is 0 Å². The topological polar surface area (TPSA) is 90.0 Å². The Morgan fingerprint density at radius 1 is 1.14 bits per heavy atom. The zero-order chi connectivity index (χ0) is 21.0. The molecule has 7 nitrogen and oxygen atoms in total. The van der Waals surface area contributed by atoms with Crippen molar-refractivity contribution in [3.05, 3.63) is 59.4 Å². The Kier molecular flexibility index (Phi) is 6.39. The molecule has 29 heavy (non-hydrogen) atoms. The maximum atomic E-state index is 13.9. The Labute approximate surface area is 169 Å². The summed E-state index contributed by atoms with van der Waals surface area (Å²) in [4.78, 5) is 15.8. The lowest BCUT2D eigenvalue weighted by atomic mass is 10.1. The predicted molar refractivity (Wildman–Crippen MR) is 110 cm³/mol. The Balaban J connectivity index is 1.71. The number of carboxylic acids is 1. The third-order valence-corrected chi connectivity index (χ3v) is 6.25. The van der Waals surface area contributed by atoms with E-state index in [1.54, 1.807) is 24.3 Å². The molecule has 0 spiro atoms. The van der Waals surface area contributed by atoms with Crippen molar-refractivity contribution in [2.75, 3.05) is 41.6 Å². The summed E-state index contributed by atoms with van der Waals surface area (Å²) in [6.45, 7) is 4.53. The number of piperazine rings is 1. The van der Waals surface area contributed by atoms with Crippen molar-refractivity contribution in [3.8, 4) is 0 Å². The third-order valence-electron chi connectivity index (χ3n) is 4.95. The van der Waals surface area contributed by atoms with Crippen LogP contribution in [0.5, 0.6) is 0 Å². The van der Waals surface area contributed by atoms with Gasteiger partial charge in [-0.15, -0.1) is 0 Å². The minimum atomic E-state index is -3.49. The Bertz CT molecular complexity index is 989. The van der Waals surface area contributed by atoms with Gasteiger partial charge >= 0.3 is 5.97 Å². The number of sulfonamides is 1. The summed E-state index contributed by atoms with van der Waals surface area (Å²) in [5.74, 6) is -1.44. The SMILES string of the molecule is CCS(=O)(=O)Nc1ccc(N2CCN(Cc3ccccc3F)CC2)c(C(=O)O)c1. The fourth-order valence-electron chi connectivity index (χ4n) is 3.31. The lowest BCUT2D eigenvalue weighted by molar-refractivity contribution is 0.0697. The number of benzene rings is 2. The molecule has 0 aromatic heterocycles. The molecule has 1 heterocycles. The molecule has 2 N–H and O–H groups in total. The summed E-state index contributed by atoms with van der Waals surface area (Å²) in [7, 11) is -3.49. The van der Waals surface area contributed by atoms with Crippen LogP contribution in [-0.2, 0) is 16.6 Å². The quantitative estimate of drug-likeness (QED) is 0.714. The van der Waals surface area contributed by atoms with Crippen molar-refractivity contribution in [1.29, 1.82) is 0 Å². The van der Waals surface area contributed by atoms with Gasteiger partial charge in [0.25, 0.3) is 0 Å². The van der Waals surface area contributed by atoms with Gasteiger partial charge < -0.3 is 10.0 Å². The van der Waals surface area contributed by atoms with Crippen LogP contribution in [0, 0.1) is 5.82 Å². The first kappa shape index (κ1) is 21.1. The van der Waals surface area contributed by atoms with Gasteiger partial charge in [-0.25, -0.2) is 17.6 Å². The number of aromatic carboxylic acids is 1. The number of hydrogen-bond acceptors (Lipinski definition) is 5. The molecule has 1 aliphatic rings. The van der Waals surface area contributed by atoms with Crippen molar-refractivity contribution < 1.29 is 22.7 Å². The van der Waals surface area contributed by atoms with Crippen molar-refractivity contribution in [2.45, 2.75) is 13.5 Å². The molecule has 0 unspecified atom stereocenters. The molecule has 0 saturated carbocycles. The van der Waals surface area contributed by atoms with Crippen molar-refractivity contribution in [3.63, 3.8) is 0 Å². The zero-order valence-corrected chi connectivity index (χ0v) is 17.0. The average Bonchev–Trinajstić information content (AvgIpc) is 2.70. The largest absolute Gasteiger partial charge is 0.478 e. The van der Waals surface area contributed by atoms with Gasteiger partial charge in [0.1, 0.15) is 5.82 Å². The molecule has 3 rings (SSSR count). The highest BCUT2D eigenvalue weighted by Gasteiger charge is 2.23. The first-order valence-corrected chi connectivity index (χ1v) is 11.0. The first-order chi connectivity index (χ1) is 13.8. The van der Waals surface area contributed by atoms with E-state index in [0.29, 0.717) is 44.0 Å². The number of halogens is 1. The van der Waals surface area contributed by atoms with Gasteiger partial charge in [-0.3, -0.25) is 9.62 Å². The van der Waals surface area contributed by atoms with Gasteiger partial charge in [-0.05, 0) is 31.2 Å². The summed E-state index contributed by atoms with van der Waals surface area (Å²) in [5.41, 5.74) is 1.46. The highest BCUT2D eigenvalue weighted by atomic mass is 32.2. The number of hydrogen-bond donors (Lipinski definition) is 2. The fraction of sp³-hybridized carbons (Fsp3) is 0.350. The van der Waals surface area contributed by atoms with Gasteiger partial charge in [-0.1, -0.05) is 18.2 Å². The lowest BCUT2D eigenvalue weighted by Crippen LogP contribution is -2.46. The maximum Gasteiger partial charge on any atom is 0.337 e. The summed E-state index contributed by atoms with van der Waals surface area (Å²) < 4.78 is 39.7. The van der Waals surface area contributed by atoms with E-state index in [0.717, 1.165) is 0 Å². The maximum absolute atomic E-state index is 13.9. The number of nitrogens with zero attached hydrogens (tertiary/aromatic N) is 2. The minimum Gasteiger partial charge on any atom is -0.478 e. The smallest absolute Gasteiger partial charge is 0.337 e. The second kappa shape index (κ2) is 8.79. The van der Waals surface area contributed by atoms with E-state index in [1.165, 1.54) is 19.1 Å². The minimum absolute atomic E-state index is 0.0452. The molecule has 2 aromatic rings. The van der Waals surface area contributed by atoms with E-state index in [1.807, 2.05) is 11.0 Å². The number of carbonyl (C=O) groups is 1. The van der Waals surface area contributed by atoms with Crippen molar-refractivity contribution in [2.24, 2.45) is 0 Å². The molecular weight excluding hydrogens is 397 g/mol. The standard InChI is InChI=1S/C20H24FN3O4S/c1-2-29(27,28)22-16-7-8-19(17(13-16)20(25)26)24-11-9-23(10-12-24)14-15-5-3-4-6-18(15)21/h3-8,13,22H,2,9-12,14H2,1H3,(H,25,26). The highest BCUT2D eigenvalue weighted by molar-refractivity contribution is 7.92. The molecule has 0 atom stereocenters. The summed E-state index contributed by atoms with van der Waals surface area (Å²) in [6, 6.07) is 11.2. The Morgan fingerprint density at radius 2 is 1.83 bits per heavy atom. The van der Waals surface area contributed by atoms with E-state index in [-0.39, 0.29) is 22.8 Å². The van der Waals surface area contributed by atoms with Crippen LogP contribution < -0.4 is 9.62 Å². The van der Waals surface area contributed by atoms with Crippen LogP contribution in [0.1, 0.15) is 22.8 Å². The Hall–Kier alpha value is -2.65. The van der Waals surface area contributed by atoms with Gasteiger partial charge in [0.15, 0.2) is 0 Å². The zero-order valence-electron chi connectivity index (χ0n) is 16.1. The molecule has 1 saturated heterocycles. The molecule has 0 radical (unpaired) electrons. The lowest BCUT2D eigenvalue weighted by Gasteiger charge is -2.36.